The first kappa shape index (κ1) is 27.7. The van der Waals surface area contributed by atoms with Gasteiger partial charge in [-0.15, -0.1) is 0 Å². The molecule has 214 valence electrons. The molecule has 3 heterocycles. The second-order valence-corrected chi connectivity index (χ2v) is 11.0. The monoisotopic (exact) mass is 571 g/mol. The summed E-state index contributed by atoms with van der Waals surface area (Å²) in [6.07, 6.45) is 5.36. The third kappa shape index (κ3) is 4.84. The van der Waals surface area contributed by atoms with Gasteiger partial charge in [0.2, 0.25) is 0 Å². The molecule has 0 spiro atoms. The van der Waals surface area contributed by atoms with E-state index in [1.54, 1.807) is 43.6 Å². The number of pyridine rings is 1. The average molecular weight is 572 g/mol. The number of piperidine rings is 1. The maximum absolute atomic E-state index is 15.8. The van der Waals surface area contributed by atoms with E-state index < -0.39 is 29.0 Å². The summed E-state index contributed by atoms with van der Waals surface area (Å²) in [5, 5.41) is 9.28. The summed E-state index contributed by atoms with van der Waals surface area (Å²) in [5.41, 5.74) is -0.923. The van der Waals surface area contributed by atoms with Crippen LogP contribution in [0.1, 0.15) is 48.2 Å². The van der Waals surface area contributed by atoms with E-state index >= 15 is 8.78 Å². The summed E-state index contributed by atoms with van der Waals surface area (Å²) in [5.74, 6) is -3.27. The minimum absolute atomic E-state index is 0.0363. The molecule has 1 saturated heterocycles. The number of benzene rings is 2. The standard InChI is InChI=1S/C32H28F3N5O2/c1-19(40-29-26(14-28(33)31(40)41)25-12-21(15-36)6-7-27(25)32(29,34)35)22-4-3-5-23(13-22)30-37-16-24(17-38-30)42-18-20-8-10-39(2)11-9-20/h3-7,12-14,16-17,19-20H,8-11,18H2,1-2H3/t19-/m0/s1. The quantitative estimate of drug-likeness (QED) is 0.292. The second-order valence-electron chi connectivity index (χ2n) is 11.0. The minimum Gasteiger partial charge on any atom is -0.490 e. The highest BCUT2D eigenvalue weighted by Crippen LogP contribution is 2.51. The predicted octanol–water partition coefficient (Wildman–Crippen LogP) is 5.77. The van der Waals surface area contributed by atoms with E-state index in [2.05, 4.69) is 21.9 Å². The lowest BCUT2D eigenvalue weighted by molar-refractivity contribution is 0.0374. The minimum atomic E-state index is -3.57. The SMILES string of the molecule is C[C@@H](c1cccc(-c2ncc(OCC3CCN(C)CC3)cn2)c1)n1c2c(cc(F)c1=O)-c1cc(C#N)ccc1C2(F)F. The molecule has 0 bridgehead atoms. The fourth-order valence-corrected chi connectivity index (χ4v) is 5.81. The van der Waals surface area contributed by atoms with Gasteiger partial charge < -0.3 is 9.64 Å². The van der Waals surface area contributed by atoms with Gasteiger partial charge in [0.15, 0.2) is 17.4 Å². The molecule has 0 amide bonds. The largest absolute Gasteiger partial charge is 0.490 e. The number of nitrogens with zero attached hydrogens (tertiary/aromatic N) is 5. The Balaban J connectivity index is 1.30. The number of alkyl halides is 2. The molecular formula is C32H28F3N5O2. The molecule has 0 radical (unpaired) electrons. The molecule has 0 N–H and O–H groups in total. The Bertz CT molecular complexity index is 1760. The van der Waals surface area contributed by atoms with Crippen LogP contribution in [0, 0.1) is 23.1 Å². The van der Waals surface area contributed by atoms with Crippen LogP contribution in [0.25, 0.3) is 22.5 Å². The lowest BCUT2D eigenvalue weighted by atomic mass is 9.98. The van der Waals surface area contributed by atoms with E-state index in [1.807, 2.05) is 6.07 Å². The van der Waals surface area contributed by atoms with Crippen molar-refractivity contribution in [3.63, 3.8) is 0 Å². The number of fused-ring (bicyclic) bond motifs is 3. The molecule has 0 unspecified atom stereocenters. The lowest BCUT2D eigenvalue weighted by Crippen LogP contribution is -2.33. The molecule has 6 rings (SSSR count). The Morgan fingerprint density at radius 2 is 1.83 bits per heavy atom. The fourth-order valence-electron chi connectivity index (χ4n) is 5.81. The van der Waals surface area contributed by atoms with Crippen LogP contribution in [0.2, 0.25) is 0 Å². The number of ether oxygens (including phenoxy) is 1. The van der Waals surface area contributed by atoms with Gasteiger partial charge in [-0.2, -0.15) is 14.0 Å². The first-order chi connectivity index (χ1) is 20.2. The topological polar surface area (TPSA) is 84.0 Å². The van der Waals surface area contributed by atoms with Crippen LogP contribution in [0.15, 0.2) is 65.7 Å². The number of likely N-dealkylation sites (tertiary alicyclic amines) is 1. The third-order valence-corrected chi connectivity index (χ3v) is 8.23. The zero-order chi connectivity index (χ0) is 29.6. The Labute approximate surface area is 240 Å². The molecule has 4 aromatic rings. The molecule has 10 heteroatoms. The number of aromatic nitrogens is 3. The van der Waals surface area contributed by atoms with Gasteiger partial charge >= 0.3 is 5.92 Å². The van der Waals surface area contributed by atoms with Crippen LogP contribution in [0.3, 0.4) is 0 Å². The summed E-state index contributed by atoms with van der Waals surface area (Å²) in [6, 6.07) is 12.4. The van der Waals surface area contributed by atoms with E-state index in [9.17, 15) is 14.4 Å². The Hall–Kier alpha value is -4.49. The van der Waals surface area contributed by atoms with E-state index in [4.69, 9.17) is 4.74 Å². The van der Waals surface area contributed by atoms with Crippen LogP contribution < -0.4 is 10.3 Å². The Morgan fingerprint density at radius 3 is 2.55 bits per heavy atom. The highest BCUT2D eigenvalue weighted by atomic mass is 19.3. The average Bonchev–Trinajstić information content (AvgIpc) is 3.22. The molecule has 2 aromatic heterocycles. The molecule has 7 nitrogen and oxygen atoms in total. The van der Waals surface area contributed by atoms with Gasteiger partial charge in [0.05, 0.1) is 36.7 Å². The van der Waals surface area contributed by atoms with Gasteiger partial charge in [-0.05, 0) is 81.2 Å². The maximum atomic E-state index is 15.8. The van der Waals surface area contributed by atoms with E-state index in [1.165, 1.54) is 12.1 Å². The van der Waals surface area contributed by atoms with Crippen molar-refractivity contribution in [2.24, 2.45) is 5.92 Å². The van der Waals surface area contributed by atoms with Crippen LogP contribution in [0.4, 0.5) is 13.2 Å². The zero-order valence-electron chi connectivity index (χ0n) is 23.2. The molecule has 1 atom stereocenters. The van der Waals surface area contributed by atoms with Crippen LogP contribution in [-0.2, 0) is 5.92 Å². The van der Waals surface area contributed by atoms with E-state index in [-0.39, 0.29) is 22.3 Å². The van der Waals surface area contributed by atoms with Crippen molar-refractivity contribution in [1.82, 2.24) is 19.4 Å². The molecule has 2 aliphatic rings. The first-order valence-corrected chi connectivity index (χ1v) is 13.8. The van der Waals surface area contributed by atoms with Gasteiger partial charge in [0.25, 0.3) is 5.56 Å². The zero-order valence-corrected chi connectivity index (χ0v) is 23.2. The first-order valence-electron chi connectivity index (χ1n) is 13.8. The number of halogens is 3. The summed E-state index contributed by atoms with van der Waals surface area (Å²) in [7, 11) is 2.11. The van der Waals surface area contributed by atoms with Crippen molar-refractivity contribution in [3.8, 4) is 34.3 Å². The molecule has 2 aromatic carbocycles. The molecule has 0 saturated carbocycles. The summed E-state index contributed by atoms with van der Waals surface area (Å²) in [6.45, 7) is 4.27. The molecule has 1 aliphatic heterocycles. The van der Waals surface area contributed by atoms with Crippen molar-refractivity contribution >= 4 is 0 Å². The summed E-state index contributed by atoms with van der Waals surface area (Å²) >= 11 is 0. The van der Waals surface area contributed by atoms with Crippen molar-refractivity contribution in [3.05, 3.63) is 99.5 Å². The highest BCUT2D eigenvalue weighted by Gasteiger charge is 2.48. The van der Waals surface area contributed by atoms with Crippen LogP contribution in [-0.4, -0.2) is 46.2 Å². The lowest BCUT2D eigenvalue weighted by Gasteiger charge is -2.28. The highest BCUT2D eigenvalue weighted by molar-refractivity contribution is 5.79. The molecule has 1 fully saturated rings. The molecule has 42 heavy (non-hydrogen) atoms. The number of hydrogen-bond donors (Lipinski definition) is 0. The van der Waals surface area contributed by atoms with E-state index in [0.717, 1.165) is 42.6 Å². The van der Waals surface area contributed by atoms with Crippen LogP contribution >= 0.6 is 0 Å². The van der Waals surface area contributed by atoms with Gasteiger partial charge in [0.1, 0.15) is 5.69 Å². The van der Waals surface area contributed by atoms with Gasteiger partial charge in [-0.25, -0.2) is 14.4 Å². The van der Waals surface area contributed by atoms with Gasteiger partial charge in [-0.1, -0.05) is 24.3 Å². The summed E-state index contributed by atoms with van der Waals surface area (Å²) in [4.78, 5) is 24.2. The fraction of sp³-hybridized carbons (Fsp3) is 0.312. The normalized spacial score (nSPS) is 16.9. The third-order valence-electron chi connectivity index (χ3n) is 8.23. The Morgan fingerprint density at radius 1 is 1.10 bits per heavy atom. The molecule has 1 aliphatic carbocycles. The van der Waals surface area contributed by atoms with Crippen molar-refractivity contribution in [2.75, 3.05) is 26.7 Å². The summed E-state index contributed by atoms with van der Waals surface area (Å²) < 4.78 is 53.3. The number of nitriles is 1. The Kier molecular flexibility index (Phi) is 7.07. The molecular weight excluding hydrogens is 543 g/mol. The maximum Gasteiger partial charge on any atom is 0.314 e. The van der Waals surface area contributed by atoms with Crippen LogP contribution in [0.5, 0.6) is 5.75 Å². The van der Waals surface area contributed by atoms with Crippen molar-refractivity contribution in [1.29, 1.82) is 5.26 Å². The van der Waals surface area contributed by atoms with Crippen molar-refractivity contribution in [2.45, 2.75) is 31.7 Å². The van der Waals surface area contributed by atoms with Gasteiger partial charge in [-0.3, -0.25) is 9.36 Å². The van der Waals surface area contributed by atoms with Crippen molar-refractivity contribution < 1.29 is 17.9 Å². The van der Waals surface area contributed by atoms with Gasteiger partial charge in [0, 0.05) is 16.7 Å². The smallest absolute Gasteiger partial charge is 0.314 e. The van der Waals surface area contributed by atoms with E-state index in [0.29, 0.717) is 35.2 Å². The second kappa shape index (κ2) is 10.7. The number of rotatable bonds is 6. The number of hydrogen-bond acceptors (Lipinski definition) is 6. The predicted molar refractivity (Wildman–Crippen MR) is 151 cm³/mol.